The van der Waals surface area contributed by atoms with E-state index in [-0.39, 0.29) is 18.3 Å². The molecule has 5 rings (SSSR count). The molecular formula is C21H15FN6O2S. The Labute approximate surface area is 179 Å². The van der Waals surface area contributed by atoms with Crippen molar-refractivity contribution >= 4 is 33.1 Å². The average molecular weight is 434 g/mol. The van der Waals surface area contributed by atoms with E-state index in [1.54, 1.807) is 35.8 Å². The van der Waals surface area contributed by atoms with Gasteiger partial charge in [0.25, 0.3) is 5.91 Å². The van der Waals surface area contributed by atoms with Crippen molar-refractivity contribution in [2.45, 2.75) is 0 Å². The summed E-state index contributed by atoms with van der Waals surface area (Å²) in [6, 6.07) is 14.8. The van der Waals surface area contributed by atoms with Crippen molar-refractivity contribution in [2.75, 3.05) is 13.2 Å². The van der Waals surface area contributed by atoms with Crippen LogP contribution in [0.3, 0.4) is 0 Å². The summed E-state index contributed by atoms with van der Waals surface area (Å²) in [7, 11) is 0. The molecule has 2 aromatic carbocycles. The number of carbonyl (C=O) groups excluding carboxylic acids is 1. The van der Waals surface area contributed by atoms with Gasteiger partial charge in [0.05, 0.1) is 22.3 Å². The lowest BCUT2D eigenvalue weighted by Gasteiger charge is -2.08. The van der Waals surface area contributed by atoms with Gasteiger partial charge in [-0.15, -0.1) is 26.6 Å². The minimum atomic E-state index is -0.369. The Balaban J connectivity index is 1.23. The van der Waals surface area contributed by atoms with Crippen molar-refractivity contribution in [2.24, 2.45) is 0 Å². The molecule has 1 N–H and O–H groups in total. The molecule has 0 unspecified atom stereocenters. The highest BCUT2D eigenvalue weighted by Gasteiger charge is 2.12. The highest BCUT2D eigenvalue weighted by atomic mass is 32.1. The first kappa shape index (κ1) is 19.1. The molecule has 0 saturated heterocycles. The van der Waals surface area contributed by atoms with E-state index in [4.69, 9.17) is 4.74 Å². The minimum absolute atomic E-state index is 0.186. The quantitative estimate of drug-likeness (QED) is 0.412. The van der Waals surface area contributed by atoms with Gasteiger partial charge in [-0.25, -0.2) is 9.37 Å². The maximum Gasteiger partial charge on any atom is 0.251 e. The van der Waals surface area contributed by atoms with Gasteiger partial charge in [0.2, 0.25) is 5.88 Å². The number of carbonyl (C=O) groups is 1. The summed E-state index contributed by atoms with van der Waals surface area (Å²) in [6.45, 7) is 0.530. The van der Waals surface area contributed by atoms with Crippen molar-refractivity contribution in [3.05, 3.63) is 71.5 Å². The summed E-state index contributed by atoms with van der Waals surface area (Å²) < 4.78 is 21.7. The third-order valence-corrected chi connectivity index (χ3v) is 5.34. The average Bonchev–Trinajstić information content (AvgIpc) is 3.42. The minimum Gasteiger partial charge on any atom is -0.475 e. The van der Waals surface area contributed by atoms with Crippen LogP contribution < -0.4 is 10.1 Å². The number of nitrogens with one attached hydrogen (secondary N) is 1. The van der Waals surface area contributed by atoms with E-state index in [1.165, 1.54) is 28.0 Å². The standard InChI is InChI=1S/C21H15FN6O2S/c22-15-3-1-2-13(10-15)20-26-25-18-6-7-19(27-28(18)20)30-9-8-23-21(29)14-4-5-16-17(11-14)31-12-24-16/h1-7,10-12H,8-9H2,(H,23,29). The van der Waals surface area contributed by atoms with Gasteiger partial charge < -0.3 is 10.1 Å². The Kier molecular flexibility index (Phi) is 4.97. The molecule has 0 spiro atoms. The SMILES string of the molecule is O=C(NCCOc1ccc2nnc(-c3cccc(F)c3)n2n1)c1ccc2ncsc2c1. The Hall–Kier alpha value is -3.92. The molecule has 31 heavy (non-hydrogen) atoms. The highest BCUT2D eigenvalue weighted by Crippen LogP contribution is 2.20. The fraction of sp³-hybridized carbons (Fsp3) is 0.0952. The molecule has 0 fully saturated rings. The van der Waals surface area contributed by atoms with Crippen LogP contribution in [0.2, 0.25) is 0 Å². The molecule has 0 radical (unpaired) electrons. The van der Waals surface area contributed by atoms with Crippen LogP contribution >= 0.6 is 11.3 Å². The summed E-state index contributed by atoms with van der Waals surface area (Å²) in [4.78, 5) is 16.5. The molecular weight excluding hydrogens is 419 g/mol. The Morgan fingerprint density at radius 3 is 2.97 bits per heavy atom. The maximum absolute atomic E-state index is 13.6. The number of fused-ring (bicyclic) bond motifs is 2. The summed E-state index contributed by atoms with van der Waals surface area (Å²) >= 11 is 1.49. The van der Waals surface area contributed by atoms with Crippen molar-refractivity contribution in [1.29, 1.82) is 0 Å². The molecule has 1 amide bonds. The summed E-state index contributed by atoms with van der Waals surface area (Å²) in [5.41, 5.74) is 4.26. The van der Waals surface area contributed by atoms with Gasteiger partial charge >= 0.3 is 0 Å². The first-order chi connectivity index (χ1) is 15.2. The number of nitrogens with zero attached hydrogens (tertiary/aromatic N) is 5. The van der Waals surface area contributed by atoms with Gasteiger partial charge in [-0.2, -0.15) is 4.52 Å². The number of thiazole rings is 1. The number of benzene rings is 2. The number of amides is 1. The fourth-order valence-electron chi connectivity index (χ4n) is 3.08. The molecule has 154 valence electrons. The molecule has 0 bridgehead atoms. The van der Waals surface area contributed by atoms with Crippen LogP contribution in [-0.2, 0) is 0 Å². The first-order valence-corrected chi connectivity index (χ1v) is 10.3. The number of hydrogen-bond acceptors (Lipinski definition) is 7. The number of aromatic nitrogens is 5. The van der Waals surface area contributed by atoms with Crippen LogP contribution in [0.5, 0.6) is 5.88 Å². The largest absolute Gasteiger partial charge is 0.475 e. The third kappa shape index (κ3) is 3.92. The van der Waals surface area contributed by atoms with Crippen molar-refractivity contribution in [3.8, 4) is 17.3 Å². The first-order valence-electron chi connectivity index (χ1n) is 9.40. The normalized spacial score (nSPS) is 11.1. The molecule has 0 aliphatic heterocycles. The van der Waals surface area contributed by atoms with Crippen LogP contribution in [0.4, 0.5) is 4.39 Å². The molecule has 3 aromatic heterocycles. The summed E-state index contributed by atoms with van der Waals surface area (Å²) in [5, 5.41) is 15.3. The highest BCUT2D eigenvalue weighted by molar-refractivity contribution is 7.16. The van der Waals surface area contributed by atoms with Crippen LogP contribution in [0.15, 0.2) is 60.1 Å². The van der Waals surface area contributed by atoms with Crippen LogP contribution in [0.1, 0.15) is 10.4 Å². The zero-order valence-corrected chi connectivity index (χ0v) is 16.8. The Bertz CT molecular complexity index is 1400. The Morgan fingerprint density at radius 1 is 1.13 bits per heavy atom. The van der Waals surface area contributed by atoms with E-state index >= 15 is 0 Å². The molecule has 3 heterocycles. The number of hydrogen-bond donors (Lipinski definition) is 1. The predicted molar refractivity (Wildman–Crippen MR) is 114 cm³/mol. The molecule has 8 nitrogen and oxygen atoms in total. The van der Waals surface area contributed by atoms with Crippen LogP contribution in [0.25, 0.3) is 27.3 Å². The third-order valence-electron chi connectivity index (χ3n) is 4.55. The van der Waals surface area contributed by atoms with Gasteiger partial charge in [-0.3, -0.25) is 4.79 Å². The second-order valence-electron chi connectivity index (χ2n) is 6.61. The summed E-state index contributed by atoms with van der Waals surface area (Å²) in [6.07, 6.45) is 0. The predicted octanol–water partition coefficient (Wildman–Crippen LogP) is 3.35. The topological polar surface area (TPSA) is 94.3 Å². The summed E-state index contributed by atoms with van der Waals surface area (Å²) in [5.74, 6) is 0.193. The molecule has 0 aliphatic rings. The number of halogens is 1. The zero-order valence-electron chi connectivity index (χ0n) is 16.0. The van der Waals surface area contributed by atoms with Gasteiger partial charge in [-0.1, -0.05) is 12.1 Å². The van der Waals surface area contributed by atoms with E-state index in [0.29, 0.717) is 35.0 Å². The van der Waals surface area contributed by atoms with Gasteiger partial charge in [0.1, 0.15) is 12.4 Å². The Morgan fingerprint density at radius 2 is 2.06 bits per heavy atom. The number of rotatable bonds is 6. The molecule has 0 atom stereocenters. The van der Waals surface area contributed by atoms with E-state index in [0.717, 1.165) is 10.2 Å². The van der Waals surface area contributed by atoms with Crippen molar-refractivity contribution in [1.82, 2.24) is 30.1 Å². The van der Waals surface area contributed by atoms with E-state index in [9.17, 15) is 9.18 Å². The molecule has 10 heteroatoms. The van der Waals surface area contributed by atoms with E-state index in [2.05, 4.69) is 25.6 Å². The van der Waals surface area contributed by atoms with Crippen molar-refractivity contribution in [3.63, 3.8) is 0 Å². The molecule has 5 aromatic rings. The van der Waals surface area contributed by atoms with E-state index < -0.39 is 0 Å². The van der Waals surface area contributed by atoms with Crippen LogP contribution in [-0.4, -0.2) is 43.9 Å². The molecule has 0 aliphatic carbocycles. The maximum atomic E-state index is 13.6. The van der Waals surface area contributed by atoms with Crippen molar-refractivity contribution < 1.29 is 13.9 Å². The van der Waals surface area contributed by atoms with Gasteiger partial charge in [0, 0.05) is 17.2 Å². The lowest BCUT2D eigenvalue weighted by molar-refractivity contribution is 0.0946. The zero-order chi connectivity index (χ0) is 21.2. The molecule has 0 saturated carbocycles. The second-order valence-corrected chi connectivity index (χ2v) is 7.50. The van der Waals surface area contributed by atoms with E-state index in [1.807, 2.05) is 12.1 Å². The van der Waals surface area contributed by atoms with Gasteiger partial charge in [0.15, 0.2) is 11.5 Å². The fourth-order valence-corrected chi connectivity index (χ4v) is 3.79. The lowest BCUT2D eigenvalue weighted by atomic mass is 10.2. The lowest BCUT2D eigenvalue weighted by Crippen LogP contribution is -2.28. The van der Waals surface area contributed by atoms with Crippen LogP contribution in [0, 0.1) is 5.82 Å². The second kappa shape index (κ2) is 8.07. The van der Waals surface area contributed by atoms with Gasteiger partial charge in [-0.05, 0) is 36.4 Å². The number of ether oxygens (including phenoxy) is 1. The monoisotopic (exact) mass is 434 g/mol. The smallest absolute Gasteiger partial charge is 0.251 e.